The predicted molar refractivity (Wildman–Crippen MR) is 151 cm³/mol. The monoisotopic (exact) mass is 587 g/mol. The van der Waals surface area contributed by atoms with Gasteiger partial charge in [-0.2, -0.15) is 11.8 Å². The Morgan fingerprint density at radius 2 is 2.08 bits per heavy atom. The number of fused-ring (bicyclic) bond motifs is 1. The molecule has 4 rings (SSSR count). The summed E-state index contributed by atoms with van der Waals surface area (Å²) in [5, 5.41) is 3.64. The molecule has 2 heterocycles. The number of thioether (sulfide) groups is 1. The highest BCUT2D eigenvalue weighted by atomic mass is 35.5. The molecule has 210 valence electrons. The van der Waals surface area contributed by atoms with Crippen molar-refractivity contribution < 1.29 is 26.7 Å². The summed E-state index contributed by atoms with van der Waals surface area (Å²) in [4.78, 5) is 0.246. The fourth-order valence-electron chi connectivity index (χ4n) is 5.09. The van der Waals surface area contributed by atoms with Crippen LogP contribution in [0.1, 0.15) is 44.1 Å². The second kappa shape index (κ2) is 13.8. The molecule has 5 atom stereocenters. The minimum atomic E-state index is -3.46. The SMILES string of the molecule is CC1c2c(F)ccc(F)c2OCC1CC(CCSC1CCNC1)OCCCS(=O)(=O)C1=CC=CC(Cl)C=C1. The van der Waals surface area contributed by atoms with E-state index in [1.54, 1.807) is 30.4 Å². The van der Waals surface area contributed by atoms with Crippen molar-refractivity contribution in [3.05, 3.63) is 64.6 Å². The van der Waals surface area contributed by atoms with E-state index < -0.39 is 21.5 Å². The summed E-state index contributed by atoms with van der Waals surface area (Å²) >= 11 is 7.96. The van der Waals surface area contributed by atoms with Gasteiger partial charge in [0.2, 0.25) is 0 Å². The van der Waals surface area contributed by atoms with Gasteiger partial charge in [0.1, 0.15) is 5.82 Å². The summed E-state index contributed by atoms with van der Waals surface area (Å²) in [6.07, 6.45) is 11.0. The molecular formula is C28H36ClF2NO4S2. The number of ether oxygens (including phenoxy) is 2. The second-order valence-corrected chi connectivity index (χ2v) is 14.1. The zero-order valence-corrected chi connectivity index (χ0v) is 24.0. The van der Waals surface area contributed by atoms with E-state index in [0.717, 1.165) is 43.8 Å². The van der Waals surface area contributed by atoms with Gasteiger partial charge in [-0.05, 0) is 68.2 Å². The van der Waals surface area contributed by atoms with E-state index in [0.29, 0.717) is 24.7 Å². The van der Waals surface area contributed by atoms with Crippen LogP contribution < -0.4 is 10.1 Å². The first kappa shape index (κ1) is 29.6. The molecule has 0 radical (unpaired) electrons. The number of alkyl halides is 1. The first-order valence-corrected chi connectivity index (χ1v) is 16.4. The van der Waals surface area contributed by atoms with Gasteiger partial charge in [0, 0.05) is 29.9 Å². The molecule has 1 aromatic rings. The van der Waals surface area contributed by atoms with E-state index in [-0.39, 0.29) is 51.9 Å². The maximum Gasteiger partial charge on any atom is 0.178 e. The van der Waals surface area contributed by atoms with Gasteiger partial charge in [0.25, 0.3) is 0 Å². The Balaban J connectivity index is 1.35. The highest BCUT2D eigenvalue weighted by Crippen LogP contribution is 2.42. The maximum absolute atomic E-state index is 14.6. The van der Waals surface area contributed by atoms with Crippen LogP contribution in [0.15, 0.2) is 47.4 Å². The zero-order valence-electron chi connectivity index (χ0n) is 21.6. The third kappa shape index (κ3) is 7.84. The van der Waals surface area contributed by atoms with Gasteiger partial charge in [-0.1, -0.05) is 25.2 Å². The highest BCUT2D eigenvalue weighted by molar-refractivity contribution is 7.99. The molecule has 1 saturated heterocycles. The summed E-state index contributed by atoms with van der Waals surface area (Å²) in [6, 6.07) is 2.25. The van der Waals surface area contributed by atoms with E-state index in [9.17, 15) is 17.2 Å². The molecule has 0 bridgehead atoms. The van der Waals surface area contributed by atoms with E-state index in [4.69, 9.17) is 21.1 Å². The standard InChI is InChI=1S/C28H36ClF2NO4S2/c1-19-20(18-36-28-26(31)9-8-25(30)27(19)28)16-22(11-14-37-23-10-12-32-17-23)35-13-3-15-38(33,34)24-5-2-4-21(29)6-7-24/h2,4-9,19-23,32H,3,10-18H2,1H3. The van der Waals surface area contributed by atoms with Gasteiger partial charge in [-0.15, -0.1) is 11.6 Å². The molecule has 38 heavy (non-hydrogen) atoms. The number of hydrogen-bond acceptors (Lipinski definition) is 6. The van der Waals surface area contributed by atoms with Crippen molar-refractivity contribution in [1.82, 2.24) is 5.32 Å². The number of halogens is 3. The summed E-state index contributed by atoms with van der Waals surface area (Å²) < 4.78 is 66.3. The summed E-state index contributed by atoms with van der Waals surface area (Å²) in [5.41, 5.74) is 0.287. The van der Waals surface area contributed by atoms with E-state index in [1.807, 2.05) is 18.7 Å². The van der Waals surface area contributed by atoms with Crippen molar-refractivity contribution in [3.8, 4) is 5.75 Å². The highest BCUT2D eigenvalue weighted by Gasteiger charge is 2.34. The van der Waals surface area contributed by atoms with Crippen LogP contribution in [0.5, 0.6) is 5.75 Å². The number of allylic oxidation sites excluding steroid dienone is 5. The molecule has 0 aromatic heterocycles. The van der Waals surface area contributed by atoms with Gasteiger partial charge in [-0.3, -0.25) is 0 Å². The van der Waals surface area contributed by atoms with Crippen LogP contribution in [0.4, 0.5) is 8.78 Å². The first-order chi connectivity index (χ1) is 18.2. The van der Waals surface area contributed by atoms with Crippen LogP contribution in [0, 0.1) is 17.6 Å². The Morgan fingerprint density at radius 1 is 1.26 bits per heavy atom. The fraction of sp³-hybridized carbons (Fsp3) is 0.571. The number of benzene rings is 1. The summed E-state index contributed by atoms with van der Waals surface area (Å²) in [5.74, 6) is -0.359. The van der Waals surface area contributed by atoms with E-state index in [1.165, 1.54) is 0 Å². The van der Waals surface area contributed by atoms with E-state index in [2.05, 4.69) is 5.32 Å². The topological polar surface area (TPSA) is 64.6 Å². The Hall–Kier alpha value is -1.39. The quantitative estimate of drug-likeness (QED) is 0.248. The Labute approximate surface area is 234 Å². The van der Waals surface area contributed by atoms with E-state index >= 15 is 0 Å². The average molecular weight is 588 g/mol. The molecule has 1 aromatic carbocycles. The second-order valence-electron chi connectivity index (χ2n) is 10.1. The molecule has 1 fully saturated rings. The lowest BCUT2D eigenvalue weighted by atomic mass is 9.81. The molecule has 0 amide bonds. The van der Waals surface area contributed by atoms with Gasteiger partial charge in [-0.25, -0.2) is 17.2 Å². The molecule has 2 aliphatic heterocycles. The normalized spacial score (nSPS) is 25.9. The van der Waals surface area contributed by atoms with Crippen LogP contribution in [-0.4, -0.2) is 63.0 Å². The Morgan fingerprint density at radius 3 is 2.87 bits per heavy atom. The zero-order chi connectivity index (χ0) is 27.1. The molecule has 0 saturated carbocycles. The molecule has 3 aliphatic rings. The van der Waals surface area contributed by atoms with Crippen LogP contribution in [-0.2, 0) is 14.6 Å². The van der Waals surface area contributed by atoms with Crippen molar-refractivity contribution in [1.29, 1.82) is 0 Å². The summed E-state index contributed by atoms with van der Waals surface area (Å²) in [7, 11) is -3.46. The minimum absolute atomic E-state index is 0.0120. The lowest BCUT2D eigenvalue weighted by Crippen LogP contribution is -2.31. The van der Waals surface area contributed by atoms with Crippen molar-refractivity contribution in [2.24, 2.45) is 5.92 Å². The van der Waals surface area contributed by atoms with Gasteiger partial charge in [0.05, 0.1) is 28.7 Å². The lowest BCUT2D eigenvalue weighted by Gasteiger charge is -2.34. The lowest BCUT2D eigenvalue weighted by molar-refractivity contribution is 0.0222. The van der Waals surface area contributed by atoms with Crippen molar-refractivity contribution in [2.75, 3.05) is 37.8 Å². The average Bonchev–Trinajstić information content (AvgIpc) is 3.30. The number of nitrogens with one attached hydrogen (secondary N) is 1. The van der Waals surface area contributed by atoms with Gasteiger partial charge >= 0.3 is 0 Å². The molecule has 1 aliphatic carbocycles. The largest absolute Gasteiger partial charge is 0.490 e. The van der Waals surface area contributed by atoms with Crippen LogP contribution in [0.2, 0.25) is 0 Å². The molecule has 1 N–H and O–H groups in total. The van der Waals surface area contributed by atoms with Crippen LogP contribution >= 0.6 is 23.4 Å². The molecule has 5 unspecified atom stereocenters. The maximum atomic E-state index is 14.6. The third-order valence-corrected chi connectivity index (χ3v) is 10.8. The molecular weight excluding hydrogens is 552 g/mol. The fourth-order valence-corrected chi connectivity index (χ4v) is 7.81. The Bertz CT molecular complexity index is 1150. The third-order valence-electron chi connectivity index (χ3n) is 7.34. The summed E-state index contributed by atoms with van der Waals surface area (Å²) in [6.45, 7) is 4.54. The molecule has 0 spiro atoms. The number of sulfone groups is 1. The van der Waals surface area contributed by atoms with Crippen LogP contribution in [0.25, 0.3) is 0 Å². The predicted octanol–water partition coefficient (Wildman–Crippen LogP) is 5.76. The van der Waals surface area contributed by atoms with Gasteiger partial charge in [0.15, 0.2) is 21.4 Å². The number of hydrogen-bond donors (Lipinski definition) is 1. The molecule has 10 heteroatoms. The van der Waals surface area contributed by atoms with Crippen molar-refractivity contribution >= 4 is 33.2 Å². The first-order valence-electron chi connectivity index (χ1n) is 13.2. The number of rotatable bonds is 12. The van der Waals surface area contributed by atoms with Gasteiger partial charge < -0.3 is 14.8 Å². The smallest absolute Gasteiger partial charge is 0.178 e. The van der Waals surface area contributed by atoms with Crippen molar-refractivity contribution in [2.45, 2.75) is 55.3 Å². The Kier molecular flexibility index (Phi) is 10.7. The van der Waals surface area contributed by atoms with Crippen LogP contribution in [0.3, 0.4) is 0 Å². The minimum Gasteiger partial charge on any atom is -0.490 e. The molecule has 5 nitrogen and oxygen atoms in total. The van der Waals surface area contributed by atoms with Crippen molar-refractivity contribution in [3.63, 3.8) is 0 Å².